The van der Waals surface area contributed by atoms with E-state index in [1.807, 2.05) is 0 Å². The van der Waals surface area contributed by atoms with Gasteiger partial charge in [0.05, 0.1) is 13.1 Å². The lowest BCUT2D eigenvalue weighted by atomic mass is 10.6. The molecule has 0 unspecified atom stereocenters. The summed E-state index contributed by atoms with van der Waals surface area (Å²) in [5, 5.41) is 3.03. The van der Waals surface area contributed by atoms with Crippen LogP contribution in [0.15, 0.2) is 4.99 Å². The molecular weight excluding hydrogens is 250 g/mol. The van der Waals surface area contributed by atoms with E-state index in [2.05, 4.69) is 10.3 Å². The predicted molar refractivity (Wildman–Crippen MR) is 50.0 cm³/mol. The summed E-state index contributed by atoms with van der Waals surface area (Å²) in [5.41, 5.74) is 5.24. The molecule has 1 aliphatic rings. The van der Waals surface area contributed by atoms with Crippen LogP contribution < -0.4 is 11.1 Å². The fraction of sp³-hybridized carbons (Fsp3) is 0.750. The Morgan fingerprint density at radius 1 is 1.56 bits per heavy atom. The molecule has 0 radical (unpaired) electrons. The number of rotatable bonds is 1. The van der Waals surface area contributed by atoms with Crippen molar-refractivity contribution < 1.29 is 0 Å². The largest absolute Gasteiger partial charge is 0.371 e. The van der Waals surface area contributed by atoms with Crippen molar-refractivity contribution in [3.63, 3.8) is 0 Å². The standard InChI is InChI=1S/C4H9N3.2BrH/c5-3-4-6-1-2-7-4;;/h1-3,5H2,(H,6,7);2*1H. The average molecular weight is 261 g/mol. The maximum absolute atomic E-state index is 5.24. The fourth-order valence-electron chi connectivity index (χ4n) is 0.584. The molecule has 0 fully saturated rings. The molecule has 0 aromatic carbocycles. The van der Waals surface area contributed by atoms with Gasteiger partial charge in [-0.2, -0.15) is 0 Å². The smallest absolute Gasteiger partial charge is 0.110 e. The lowest BCUT2D eigenvalue weighted by Crippen LogP contribution is -2.26. The zero-order valence-electron chi connectivity index (χ0n) is 4.96. The molecule has 5 heteroatoms. The SMILES string of the molecule is Br.Br.NCC1=NCCN1. The highest BCUT2D eigenvalue weighted by Gasteiger charge is 1.98. The van der Waals surface area contributed by atoms with Crippen molar-refractivity contribution in [2.75, 3.05) is 19.6 Å². The topological polar surface area (TPSA) is 50.4 Å². The number of aliphatic imine (C=N–C) groups is 1. The number of hydrogen-bond donors (Lipinski definition) is 2. The van der Waals surface area contributed by atoms with Crippen molar-refractivity contribution in [3.05, 3.63) is 0 Å². The van der Waals surface area contributed by atoms with Gasteiger partial charge in [-0.1, -0.05) is 0 Å². The van der Waals surface area contributed by atoms with Gasteiger partial charge in [-0.05, 0) is 0 Å². The van der Waals surface area contributed by atoms with Crippen molar-refractivity contribution in [1.82, 2.24) is 5.32 Å². The Bertz CT molecular complexity index is 93.8. The Morgan fingerprint density at radius 3 is 2.44 bits per heavy atom. The molecule has 0 atom stereocenters. The molecule has 9 heavy (non-hydrogen) atoms. The van der Waals surface area contributed by atoms with Gasteiger partial charge >= 0.3 is 0 Å². The third kappa shape index (κ3) is 3.89. The monoisotopic (exact) mass is 259 g/mol. The number of halogens is 2. The molecule has 0 amide bonds. The summed E-state index contributed by atoms with van der Waals surface area (Å²) in [7, 11) is 0. The van der Waals surface area contributed by atoms with Crippen molar-refractivity contribution in [3.8, 4) is 0 Å². The first-order valence-electron chi connectivity index (χ1n) is 2.41. The lowest BCUT2D eigenvalue weighted by Gasteiger charge is -1.92. The summed E-state index contributed by atoms with van der Waals surface area (Å²) in [6, 6.07) is 0. The number of nitrogens with two attached hydrogens (primary N) is 1. The quantitative estimate of drug-likeness (QED) is 0.703. The van der Waals surface area contributed by atoms with Gasteiger partial charge in [0, 0.05) is 6.54 Å². The molecular formula is C4H11Br2N3. The van der Waals surface area contributed by atoms with Crippen LogP contribution in [0.2, 0.25) is 0 Å². The van der Waals surface area contributed by atoms with E-state index in [9.17, 15) is 0 Å². The highest BCUT2D eigenvalue weighted by molar-refractivity contribution is 8.93. The van der Waals surface area contributed by atoms with E-state index in [1.54, 1.807) is 0 Å². The van der Waals surface area contributed by atoms with E-state index in [1.165, 1.54) is 0 Å². The van der Waals surface area contributed by atoms with Gasteiger partial charge in [0.2, 0.25) is 0 Å². The highest BCUT2D eigenvalue weighted by Crippen LogP contribution is 1.79. The molecule has 3 nitrogen and oxygen atoms in total. The van der Waals surface area contributed by atoms with Crippen LogP contribution in [-0.2, 0) is 0 Å². The molecule has 1 rings (SSSR count). The fourth-order valence-corrected chi connectivity index (χ4v) is 0.584. The first kappa shape index (κ1) is 12.1. The second-order valence-corrected chi connectivity index (χ2v) is 1.46. The first-order chi connectivity index (χ1) is 3.43. The minimum absolute atomic E-state index is 0. The Labute approximate surface area is 75.6 Å². The summed E-state index contributed by atoms with van der Waals surface area (Å²) in [5.74, 6) is 0.944. The first-order valence-corrected chi connectivity index (χ1v) is 2.41. The van der Waals surface area contributed by atoms with Crippen molar-refractivity contribution in [2.24, 2.45) is 10.7 Å². The van der Waals surface area contributed by atoms with Gasteiger partial charge in [0.1, 0.15) is 5.84 Å². The third-order valence-electron chi connectivity index (χ3n) is 0.937. The molecule has 0 spiro atoms. The Kier molecular flexibility index (Phi) is 8.75. The van der Waals surface area contributed by atoms with Crippen LogP contribution in [0.1, 0.15) is 0 Å². The van der Waals surface area contributed by atoms with E-state index in [-0.39, 0.29) is 34.0 Å². The van der Waals surface area contributed by atoms with Crippen LogP contribution >= 0.6 is 34.0 Å². The van der Waals surface area contributed by atoms with Gasteiger partial charge in [-0.25, -0.2) is 0 Å². The van der Waals surface area contributed by atoms with Crippen LogP contribution in [0, 0.1) is 0 Å². The van der Waals surface area contributed by atoms with Gasteiger partial charge in [-0.15, -0.1) is 34.0 Å². The minimum atomic E-state index is 0. The summed E-state index contributed by atoms with van der Waals surface area (Å²) in [6.45, 7) is 2.42. The van der Waals surface area contributed by atoms with E-state index in [4.69, 9.17) is 5.73 Å². The Morgan fingerprint density at radius 2 is 2.22 bits per heavy atom. The Balaban J connectivity index is 0. The van der Waals surface area contributed by atoms with E-state index >= 15 is 0 Å². The zero-order chi connectivity index (χ0) is 5.11. The van der Waals surface area contributed by atoms with Gasteiger partial charge in [0.15, 0.2) is 0 Å². The Hall–Kier alpha value is 0.390. The van der Waals surface area contributed by atoms with Gasteiger partial charge in [0.25, 0.3) is 0 Å². The maximum Gasteiger partial charge on any atom is 0.110 e. The third-order valence-corrected chi connectivity index (χ3v) is 0.937. The van der Waals surface area contributed by atoms with Crippen LogP contribution in [0.5, 0.6) is 0 Å². The highest BCUT2D eigenvalue weighted by atomic mass is 79.9. The van der Waals surface area contributed by atoms with E-state index in [0.29, 0.717) is 6.54 Å². The molecule has 0 saturated heterocycles. The maximum atomic E-state index is 5.24. The molecule has 0 aromatic rings. The predicted octanol–water partition coefficient (Wildman–Crippen LogP) is 0.103. The van der Waals surface area contributed by atoms with Crippen molar-refractivity contribution >= 4 is 39.8 Å². The van der Waals surface area contributed by atoms with E-state index in [0.717, 1.165) is 18.9 Å². The summed E-state index contributed by atoms with van der Waals surface area (Å²) >= 11 is 0. The lowest BCUT2D eigenvalue weighted by molar-refractivity contribution is 0.954. The molecule has 0 aliphatic carbocycles. The normalized spacial score (nSPS) is 14.6. The number of nitrogens with one attached hydrogen (secondary N) is 1. The van der Waals surface area contributed by atoms with E-state index < -0.39 is 0 Å². The number of amidine groups is 1. The molecule has 56 valence electrons. The van der Waals surface area contributed by atoms with Crippen LogP contribution in [0.4, 0.5) is 0 Å². The molecule has 0 bridgehead atoms. The van der Waals surface area contributed by atoms with Crippen molar-refractivity contribution in [1.29, 1.82) is 0 Å². The number of hydrogen-bond acceptors (Lipinski definition) is 3. The molecule has 3 N–H and O–H groups in total. The molecule has 1 aliphatic heterocycles. The van der Waals surface area contributed by atoms with Gasteiger partial charge < -0.3 is 11.1 Å². The van der Waals surface area contributed by atoms with Gasteiger partial charge in [-0.3, -0.25) is 4.99 Å². The second kappa shape index (κ2) is 6.51. The second-order valence-electron chi connectivity index (χ2n) is 1.46. The van der Waals surface area contributed by atoms with Crippen LogP contribution in [0.3, 0.4) is 0 Å². The van der Waals surface area contributed by atoms with Crippen LogP contribution in [0.25, 0.3) is 0 Å². The minimum Gasteiger partial charge on any atom is -0.371 e. The summed E-state index contributed by atoms with van der Waals surface area (Å²) in [4.78, 5) is 4.03. The number of nitrogens with zero attached hydrogens (tertiary/aromatic N) is 1. The zero-order valence-corrected chi connectivity index (χ0v) is 8.39. The van der Waals surface area contributed by atoms with Crippen LogP contribution in [-0.4, -0.2) is 25.5 Å². The molecule has 0 saturated carbocycles. The summed E-state index contributed by atoms with van der Waals surface area (Å²) < 4.78 is 0. The average Bonchev–Trinajstić information content (AvgIpc) is 2.14. The van der Waals surface area contributed by atoms with Crippen molar-refractivity contribution in [2.45, 2.75) is 0 Å². The molecule has 0 aromatic heterocycles. The molecule has 1 heterocycles. The summed E-state index contributed by atoms with van der Waals surface area (Å²) in [6.07, 6.45) is 0.